The van der Waals surface area contributed by atoms with Crippen LogP contribution in [0.5, 0.6) is 0 Å². The lowest BCUT2D eigenvalue weighted by Crippen LogP contribution is -2.39. The third-order valence-corrected chi connectivity index (χ3v) is 4.12. The number of halogens is 1. The van der Waals surface area contributed by atoms with Crippen LogP contribution >= 0.6 is 15.9 Å². The van der Waals surface area contributed by atoms with Crippen LogP contribution in [-0.2, 0) is 0 Å². The van der Waals surface area contributed by atoms with Crippen molar-refractivity contribution in [2.75, 3.05) is 0 Å². The summed E-state index contributed by atoms with van der Waals surface area (Å²) in [5.41, 5.74) is -0.359. The van der Waals surface area contributed by atoms with Crippen LogP contribution in [0.4, 0.5) is 0 Å². The largest absolute Gasteiger partial charge is 0.326 e. The van der Waals surface area contributed by atoms with Crippen molar-refractivity contribution < 1.29 is 0 Å². The minimum Gasteiger partial charge on any atom is -0.307 e. The molecule has 98 valence electrons. The third-order valence-electron chi connectivity index (χ3n) is 3.52. The van der Waals surface area contributed by atoms with Crippen LogP contribution in [0, 0.1) is 5.92 Å². The van der Waals surface area contributed by atoms with Crippen molar-refractivity contribution in [2.45, 2.75) is 19.9 Å². The van der Waals surface area contributed by atoms with Gasteiger partial charge in [0.2, 0.25) is 0 Å². The number of rotatable bonds is 0. The number of aromatic amines is 2. The lowest BCUT2D eigenvalue weighted by Gasteiger charge is -2.17. The first-order valence-corrected chi connectivity index (χ1v) is 6.81. The Hall–Kier alpha value is -1.69. The third kappa shape index (κ3) is 1.87. The van der Waals surface area contributed by atoms with E-state index in [9.17, 15) is 9.59 Å². The van der Waals surface area contributed by atoms with Crippen molar-refractivity contribution in [1.82, 2.24) is 9.97 Å². The van der Waals surface area contributed by atoms with E-state index in [-0.39, 0.29) is 17.5 Å². The second kappa shape index (κ2) is 4.16. The number of H-pyrrole nitrogens is 2. The lowest BCUT2D eigenvalue weighted by atomic mass is 9.98. The number of nitrogens with one attached hydrogen (secondary N) is 2. The van der Waals surface area contributed by atoms with E-state index in [4.69, 9.17) is 0 Å². The molecule has 0 saturated heterocycles. The smallest absolute Gasteiger partial charge is 0.307 e. The predicted octanol–water partition coefficient (Wildman–Crippen LogP) is 0.417. The molecule has 2 unspecified atom stereocenters. The minimum atomic E-state index is -0.501. The molecule has 0 aliphatic carbocycles. The molecule has 0 amide bonds. The highest BCUT2D eigenvalue weighted by molar-refractivity contribution is 9.10. The van der Waals surface area contributed by atoms with E-state index in [2.05, 4.69) is 37.8 Å². The first kappa shape index (κ1) is 12.3. The van der Waals surface area contributed by atoms with Crippen LogP contribution in [0.2, 0.25) is 0 Å². The van der Waals surface area contributed by atoms with E-state index in [1.165, 1.54) is 0 Å². The maximum atomic E-state index is 12.0. The summed E-state index contributed by atoms with van der Waals surface area (Å²) in [6, 6.07) is 1.90. The monoisotopic (exact) mass is 321 g/mol. The molecule has 2 N–H and O–H groups in total. The number of nitrogens with zero attached hydrogens (tertiary/aromatic N) is 1. The van der Waals surface area contributed by atoms with Gasteiger partial charge in [-0.3, -0.25) is 14.8 Å². The molecule has 5 nitrogen and oxygen atoms in total. The van der Waals surface area contributed by atoms with E-state index >= 15 is 0 Å². The van der Waals surface area contributed by atoms with Crippen LogP contribution < -0.4 is 21.8 Å². The molecule has 19 heavy (non-hydrogen) atoms. The van der Waals surface area contributed by atoms with E-state index < -0.39 is 5.69 Å². The molecule has 1 aliphatic rings. The Morgan fingerprint density at radius 3 is 2.74 bits per heavy atom. The Bertz CT molecular complexity index is 910. The summed E-state index contributed by atoms with van der Waals surface area (Å²) in [7, 11) is 0. The fourth-order valence-corrected chi connectivity index (χ4v) is 2.88. The van der Waals surface area contributed by atoms with E-state index in [0.29, 0.717) is 10.9 Å². The number of hydrogen-bond donors (Lipinski definition) is 2. The summed E-state index contributed by atoms with van der Waals surface area (Å²) in [6.07, 6.45) is 2.04. The molecule has 0 spiro atoms. The molecule has 3 rings (SSSR count). The van der Waals surface area contributed by atoms with Gasteiger partial charge in [-0.1, -0.05) is 13.0 Å². The standard InChI is InChI=1S/C13H12BrN3O2/c1-5-3-7-10-9(16-13(19)17-12(10)18)4-8(14)11(7)15-6(5)2/h3-6H,1-2H3,(H2,16,17,18,19). The lowest BCUT2D eigenvalue weighted by molar-refractivity contribution is 0.586. The summed E-state index contributed by atoms with van der Waals surface area (Å²) < 4.78 is 0.784. The van der Waals surface area contributed by atoms with Gasteiger partial charge >= 0.3 is 5.69 Å². The quantitative estimate of drug-likeness (QED) is 0.737. The topological polar surface area (TPSA) is 78.1 Å². The summed E-state index contributed by atoms with van der Waals surface area (Å²) in [4.78, 5) is 32.9. The van der Waals surface area contributed by atoms with Gasteiger partial charge < -0.3 is 4.98 Å². The molecule has 2 heterocycles. The molecule has 1 aliphatic heterocycles. The van der Waals surface area contributed by atoms with Crippen molar-refractivity contribution in [1.29, 1.82) is 0 Å². The first-order chi connectivity index (χ1) is 8.97. The van der Waals surface area contributed by atoms with Gasteiger partial charge in [0.05, 0.1) is 22.3 Å². The van der Waals surface area contributed by atoms with Gasteiger partial charge in [0.25, 0.3) is 5.56 Å². The normalized spacial score (nSPS) is 21.6. The number of fused-ring (bicyclic) bond motifs is 3. The Labute approximate surface area is 116 Å². The van der Waals surface area contributed by atoms with Crippen LogP contribution in [0.1, 0.15) is 13.8 Å². The van der Waals surface area contributed by atoms with Gasteiger partial charge in [0.15, 0.2) is 0 Å². The highest BCUT2D eigenvalue weighted by atomic mass is 79.9. The highest BCUT2D eigenvalue weighted by Crippen LogP contribution is 2.14. The zero-order chi connectivity index (χ0) is 13.7. The molecule has 0 bridgehead atoms. The van der Waals surface area contributed by atoms with Crippen LogP contribution in [-0.4, -0.2) is 16.0 Å². The Balaban J connectivity index is 2.65. The number of hydrogen-bond acceptors (Lipinski definition) is 3. The predicted molar refractivity (Wildman–Crippen MR) is 76.8 cm³/mol. The summed E-state index contributed by atoms with van der Waals surface area (Å²) in [5.74, 6) is 0.247. The Morgan fingerprint density at radius 2 is 2.00 bits per heavy atom. The van der Waals surface area contributed by atoms with Crippen molar-refractivity contribution in [2.24, 2.45) is 10.9 Å². The molecule has 0 radical (unpaired) electrons. The van der Waals surface area contributed by atoms with Gasteiger partial charge in [0.1, 0.15) is 0 Å². The maximum absolute atomic E-state index is 12.0. The molecule has 2 aromatic rings. The zero-order valence-electron chi connectivity index (χ0n) is 10.5. The number of benzene rings is 1. The van der Waals surface area contributed by atoms with E-state index in [1.54, 1.807) is 6.07 Å². The SMILES string of the molecule is CC1C=c2c(c(Br)cc3[nH]c(=O)[nH]c(=O)c23)=NC1C. The molecule has 0 fully saturated rings. The maximum Gasteiger partial charge on any atom is 0.326 e. The second-order valence-electron chi connectivity index (χ2n) is 4.85. The highest BCUT2D eigenvalue weighted by Gasteiger charge is 2.16. The minimum absolute atomic E-state index is 0.170. The van der Waals surface area contributed by atoms with Gasteiger partial charge in [-0.2, -0.15) is 0 Å². The van der Waals surface area contributed by atoms with Crippen LogP contribution in [0.15, 0.2) is 25.1 Å². The molecule has 6 heteroatoms. The van der Waals surface area contributed by atoms with Crippen LogP contribution in [0.3, 0.4) is 0 Å². The van der Waals surface area contributed by atoms with Gasteiger partial charge in [-0.15, -0.1) is 0 Å². The van der Waals surface area contributed by atoms with Gasteiger partial charge in [0, 0.05) is 9.69 Å². The zero-order valence-corrected chi connectivity index (χ0v) is 12.0. The van der Waals surface area contributed by atoms with Crippen molar-refractivity contribution >= 4 is 32.9 Å². The summed E-state index contributed by atoms with van der Waals surface area (Å²) in [6.45, 7) is 4.10. The van der Waals surface area contributed by atoms with Crippen molar-refractivity contribution in [3.63, 3.8) is 0 Å². The fourth-order valence-electron chi connectivity index (χ4n) is 2.34. The summed E-state index contributed by atoms with van der Waals surface area (Å²) in [5, 5.41) is 2.04. The van der Waals surface area contributed by atoms with Crippen molar-refractivity contribution in [3.8, 4) is 0 Å². The first-order valence-electron chi connectivity index (χ1n) is 6.02. The average Bonchev–Trinajstić information content (AvgIpc) is 2.31. The summed E-state index contributed by atoms with van der Waals surface area (Å²) >= 11 is 3.45. The van der Waals surface area contributed by atoms with E-state index in [0.717, 1.165) is 15.0 Å². The fraction of sp³-hybridized carbons (Fsp3) is 0.308. The Morgan fingerprint density at radius 1 is 1.26 bits per heavy atom. The molecule has 1 aromatic heterocycles. The molecule has 1 aromatic carbocycles. The average molecular weight is 322 g/mol. The van der Waals surface area contributed by atoms with Crippen LogP contribution in [0.25, 0.3) is 17.0 Å². The second-order valence-corrected chi connectivity index (χ2v) is 5.70. The van der Waals surface area contributed by atoms with Gasteiger partial charge in [-0.05, 0) is 34.8 Å². The molecular formula is C13H12BrN3O2. The molecule has 0 saturated carbocycles. The molecular weight excluding hydrogens is 310 g/mol. The van der Waals surface area contributed by atoms with Gasteiger partial charge in [-0.25, -0.2) is 4.79 Å². The van der Waals surface area contributed by atoms with E-state index in [1.807, 2.05) is 13.0 Å². The van der Waals surface area contributed by atoms with Crippen molar-refractivity contribution in [3.05, 3.63) is 42.0 Å². The Kier molecular flexibility index (Phi) is 2.70. The molecule has 2 atom stereocenters. The number of aromatic nitrogens is 2.